The Hall–Kier alpha value is -0.795. The molecule has 0 aliphatic heterocycles. The third kappa shape index (κ3) is 2.83. The van der Waals surface area contributed by atoms with Crippen molar-refractivity contribution in [2.45, 2.75) is 40.0 Å². The number of aryl methyl sites for hydroxylation is 1. The molecule has 0 unspecified atom stereocenters. The zero-order valence-electron chi connectivity index (χ0n) is 9.75. The normalized spacial score (nSPS) is 10.5. The lowest BCUT2D eigenvalue weighted by molar-refractivity contribution is 0.425. The lowest BCUT2D eigenvalue weighted by Gasteiger charge is -2.12. The molecule has 0 saturated heterocycles. The van der Waals surface area contributed by atoms with E-state index in [1.807, 2.05) is 26.0 Å². The van der Waals surface area contributed by atoms with E-state index < -0.39 is 7.12 Å². The first-order valence-corrected chi connectivity index (χ1v) is 5.53. The first-order chi connectivity index (χ1) is 7.07. The van der Waals surface area contributed by atoms with Crippen molar-refractivity contribution >= 4 is 12.6 Å². The van der Waals surface area contributed by atoms with Crippen LogP contribution in [0, 0.1) is 13.8 Å². The molecule has 0 spiro atoms. The Bertz CT molecular complexity index is 335. The van der Waals surface area contributed by atoms with Crippen LogP contribution in [0.25, 0.3) is 0 Å². The summed E-state index contributed by atoms with van der Waals surface area (Å²) in [6.45, 7) is 6.17. The van der Waals surface area contributed by atoms with Crippen molar-refractivity contribution in [2.75, 3.05) is 0 Å². The van der Waals surface area contributed by atoms with Crippen molar-refractivity contribution in [3.8, 4) is 0 Å². The van der Waals surface area contributed by atoms with Crippen LogP contribution in [0.15, 0.2) is 12.1 Å². The van der Waals surface area contributed by atoms with Crippen LogP contribution in [0.4, 0.5) is 0 Å². The minimum atomic E-state index is -1.36. The summed E-state index contributed by atoms with van der Waals surface area (Å²) in [5.41, 5.74) is 4.12. The smallest absolute Gasteiger partial charge is 0.423 e. The highest BCUT2D eigenvalue weighted by molar-refractivity contribution is 6.59. The van der Waals surface area contributed by atoms with Gasteiger partial charge >= 0.3 is 7.12 Å². The molecular weight excluding hydrogens is 187 g/mol. The summed E-state index contributed by atoms with van der Waals surface area (Å²) in [6, 6.07) is 3.82. The van der Waals surface area contributed by atoms with E-state index in [1.54, 1.807) is 0 Å². The Balaban J connectivity index is 2.99. The second kappa shape index (κ2) is 5.33. The standard InChI is InChI=1S/C12H19BO2/c1-4-5-6-11-7-8-12(13(14)15)10(3)9(11)2/h7-8,14-15H,4-6H2,1-3H3. The molecule has 1 aromatic carbocycles. The molecule has 0 aromatic heterocycles. The SMILES string of the molecule is CCCCc1ccc(B(O)O)c(C)c1C. The molecule has 1 rings (SSSR count). The third-order valence-electron chi connectivity index (χ3n) is 3.02. The van der Waals surface area contributed by atoms with Gasteiger partial charge in [-0.3, -0.25) is 0 Å². The van der Waals surface area contributed by atoms with Crippen LogP contribution in [0.5, 0.6) is 0 Å². The molecule has 2 N–H and O–H groups in total. The van der Waals surface area contributed by atoms with Crippen molar-refractivity contribution in [3.05, 3.63) is 28.8 Å². The Labute approximate surface area is 92.1 Å². The number of rotatable bonds is 4. The van der Waals surface area contributed by atoms with Gasteiger partial charge < -0.3 is 10.0 Å². The van der Waals surface area contributed by atoms with E-state index in [9.17, 15) is 0 Å². The summed E-state index contributed by atoms with van der Waals surface area (Å²) < 4.78 is 0. The summed E-state index contributed by atoms with van der Waals surface area (Å²) >= 11 is 0. The van der Waals surface area contributed by atoms with Gasteiger partial charge in [-0.25, -0.2) is 0 Å². The first kappa shape index (κ1) is 12.3. The fraction of sp³-hybridized carbons (Fsp3) is 0.500. The van der Waals surface area contributed by atoms with Crippen LogP contribution in [0.1, 0.15) is 36.5 Å². The molecule has 82 valence electrons. The van der Waals surface area contributed by atoms with Crippen LogP contribution < -0.4 is 5.46 Å². The van der Waals surface area contributed by atoms with Gasteiger partial charge in [0.25, 0.3) is 0 Å². The average Bonchev–Trinajstić information content (AvgIpc) is 2.20. The van der Waals surface area contributed by atoms with E-state index in [-0.39, 0.29) is 0 Å². The number of unbranched alkanes of at least 4 members (excludes halogenated alkanes) is 1. The zero-order chi connectivity index (χ0) is 11.4. The van der Waals surface area contributed by atoms with E-state index >= 15 is 0 Å². The largest absolute Gasteiger partial charge is 0.488 e. The second-order valence-corrected chi connectivity index (χ2v) is 4.04. The Morgan fingerprint density at radius 2 is 1.80 bits per heavy atom. The van der Waals surface area contributed by atoms with E-state index in [2.05, 4.69) is 6.92 Å². The zero-order valence-corrected chi connectivity index (χ0v) is 9.75. The maximum Gasteiger partial charge on any atom is 0.488 e. The van der Waals surface area contributed by atoms with Gasteiger partial charge in [0.05, 0.1) is 0 Å². The maximum absolute atomic E-state index is 9.15. The molecule has 0 radical (unpaired) electrons. The minimum absolute atomic E-state index is 0.618. The van der Waals surface area contributed by atoms with Crippen LogP contribution in [-0.2, 0) is 6.42 Å². The van der Waals surface area contributed by atoms with Gasteiger partial charge in [-0.2, -0.15) is 0 Å². The molecular formula is C12H19BO2. The van der Waals surface area contributed by atoms with Crippen molar-refractivity contribution < 1.29 is 10.0 Å². The summed E-state index contributed by atoms with van der Waals surface area (Å²) in [4.78, 5) is 0. The van der Waals surface area contributed by atoms with Crippen LogP contribution in [-0.4, -0.2) is 17.2 Å². The molecule has 0 saturated carbocycles. The molecule has 3 heteroatoms. The van der Waals surface area contributed by atoms with Crippen molar-refractivity contribution in [2.24, 2.45) is 0 Å². The average molecular weight is 206 g/mol. The predicted octanol–water partition coefficient (Wildman–Crippen LogP) is 1.33. The molecule has 0 aliphatic rings. The lowest BCUT2D eigenvalue weighted by Crippen LogP contribution is -2.32. The number of hydrogen-bond acceptors (Lipinski definition) is 2. The third-order valence-corrected chi connectivity index (χ3v) is 3.02. The molecule has 0 atom stereocenters. The quantitative estimate of drug-likeness (QED) is 0.729. The Morgan fingerprint density at radius 3 is 2.33 bits per heavy atom. The molecule has 0 fully saturated rings. The molecule has 0 bridgehead atoms. The van der Waals surface area contributed by atoms with Crippen LogP contribution >= 0.6 is 0 Å². The highest BCUT2D eigenvalue weighted by Gasteiger charge is 2.15. The van der Waals surface area contributed by atoms with Gasteiger partial charge in [0.2, 0.25) is 0 Å². The van der Waals surface area contributed by atoms with Gasteiger partial charge in [0.1, 0.15) is 0 Å². The first-order valence-electron chi connectivity index (χ1n) is 5.53. The molecule has 0 amide bonds. The van der Waals surface area contributed by atoms with Gasteiger partial charge in [0.15, 0.2) is 0 Å². The fourth-order valence-corrected chi connectivity index (χ4v) is 1.82. The van der Waals surface area contributed by atoms with Crippen molar-refractivity contribution in [3.63, 3.8) is 0 Å². The predicted molar refractivity (Wildman–Crippen MR) is 64.4 cm³/mol. The van der Waals surface area contributed by atoms with E-state index in [0.717, 1.165) is 12.0 Å². The molecule has 15 heavy (non-hydrogen) atoms. The lowest BCUT2D eigenvalue weighted by atomic mass is 9.75. The van der Waals surface area contributed by atoms with Gasteiger partial charge in [0, 0.05) is 0 Å². The van der Waals surface area contributed by atoms with E-state index in [0.29, 0.717) is 5.46 Å². The molecule has 0 aliphatic carbocycles. The molecule has 1 aromatic rings. The monoisotopic (exact) mass is 206 g/mol. The van der Waals surface area contributed by atoms with Crippen molar-refractivity contribution in [1.29, 1.82) is 0 Å². The highest BCUT2D eigenvalue weighted by atomic mass is 16.4. The van der Waals surface area contributed by atoms with Gasteiger partial charge in [-0.15, -0.1) is 0 Å². The van der Waals surface area contributed by atoms with Crippen LogP contribution in [0.3, 0.4) is 0 Å². The fourth-order valence-electron chi connectivity index (χ4n) is 1.82. The summed E-state index contributed by atoms with van der Waals surface area (Å²) in [5, 5.41) is 18.3. The summed E-state index contributed by atoms with van der Waals surface area (Å²) in [5.74, 6) is 0. The molecule has 2 nitrogen and oxygen atoms in total. The van der Waals surface area contributed by atoms with E-state index in [4.69, 9.17) is 10.0 Å². The topological polar surface area (TPSA) is 40.5 Å². The summed E-state index contributed by atoms with van der Waals surface area (Å²) in [6.07, 6.45) is 3.44. The Kier molecular flexibility index (Phi) is 4.36. The second-order valence-electron chi connectivity index (χ2n) is 4.04. The van der Waals surface area contributed by atoms with E-state index in [1.165, 1.54) is 24.0 Å². The number of hydrogen-bond donors (Lipinski definition) is 2. The Morgan fingerprint density at radius 1 is 1.13 bits per heavy atom. The van der Waals surface area contributed by atoms with Gasteiger partial charge in [-0.05, 0) is 48.8 Å². The molecule has 0 heterocycles. The van der Waals surface area contributed by atoms with Crippen LogP contribution in [0.2, 0.25) is 0 Å². The minimum Gasteiger partial charge on any atom is -0.423 e. The van der Waals surface area contributed by atoms with Gasteiger partial charge in [-0.1, -0.05) is 25.5 Å². The van der Waals surface area contributed by atoms with Crippen molar-refractivity contribution in [1.82, 2.24) is 0 Å². The summed E-state index contributed by atoms with van der Waals surface area (Å²) in [7, 11) is -1.36. The highest BCUT2D eigenvalue weighted by Crippen LogP contribution is 2.14. The number of benzene rings is 1. The maximum atomic E-state index is 9.15.